The summed E-state index contributed by atoms with van der Waals surface area (Å²) < 4.78 is 0. The highest BCUT2D eigenvalue weighted by atomic mass is 35.5. The van der Waals surface area contributed by atoms with Gasteiger partial charge in [-0.25, -0.2) is 0 Å². The van der Waals surface area contributed by atoms with Crippen LogP contribution in [0.5, 0.6) is 5.75 Å². The Morgan fingerprint density at radius 3 is 2.85 bits per heavy atom. The third-order valence-electron chi connectivity index (χ3n) is 1.16. The van der Waals surface area contributed by atoms with Crippen LogP contribution in [0.15, 0.2) is 23.4 Å². The second-order valence-electron chi connectivity index (χ2n) is 2.03. The average Bonchev–Trinajstić information content (AvgIpc) is 2.09. The molecular weight excluding hydrogens is 211 g/mol. The molecule has 0 atom stereocenters. The molecule has 0 amide bonds. The Bertz CT molecular complexity index is 371. The molecule has 0 heterocycles. The molecule has 3 nitrogen and oxygen atoms in total. The van der Waals surface area contributed by atoms with Crippen LogP contribution in [0.3, 0.4) is 0 Å². The summed E-state index contributed by atoms with van der Waals surface area (Å²) in [5.41, 5.74) is 0. The summed E-state index contributed by atoms with van der Waals surface area (Å²) >= 11 is 11.4. The first-order valence-electron chi connectivity index (χ1n) is 3.27. The Morgan fingerprint density at radius 1 is 1.46 bits per heavy atom. The third-order valence-corrected chi connectivity index (χ3v) is 1.69. The summed E-state index contributed by atoms with van der Waals surface area (Å²) in [6.07, 6.45) is 0.963. The van der Waals surface area contributed by atoms with Crippen LogP contribution in [-0.4, -0.2) is 6.21 Å². The molecule has 0 aliphatic rings. The minimum absolute atomic E-state index is 0.350. The zero-order valence-corrected chi connectivity index (χ0v) is 7.88. The van der Waals surface area contributed by atoms with Gasteiger partial charge in [0.25, 0.3) is 0 Å². The van der Waals surface area contributed by atoms with E-state index in [1.165, 1.54) is 6.07 Å². The van der Waals surface area contributed by atoms with E-state index in [1.807, 2.05) is 0 Å². The maximum Gasteiger partial charge on any atom is 0.176 e. The van der Waals surface area contributed by atoms with E-state index in [-0.39, 0.29) is 0 Å². The van der Waals surface area contributed by atoms with Crippen LogP contribution in [0.4, 0.5) is 0 Å². The Labute approximate surface area is 85.1 Å². The molecule has 0 aromatic heterocycles. The average molecular weight is 215 g/mol. The first-order chi connectivity index (χ1) is 6.24. The van der Waals surface area contributed by atoms with Crippen molar-refractivity contribution in [2.45, 2.75) is 0 Å². The number of oxime groups is 1. The number of hydrogen-bond acceptors (Lipinski definition) is 3. The van der Waals surface area contributed by atoms with Gasteiger partial charge in [-0.3, -0.25) is 0 Å². The molecule has 1 rings (SSSR count). The molecule has 0 aliphatic heterocycles. The van der Waals surface area contributed by atoms with E-state index >= 15 is 0 Å². The van der Waals surface area contributed by atoms with Gasteiger partial charge in [-0.2, -0.15) is 5.26 Å². The molecule has 0 bridgehead atoms. The largest absolute Gasteiger partial charge is 0.355 e. The van der Waals surface area contributed by atoms with Crippen LogP contribution in [0.1, 0.15) is 0 Å². The summed E-state index contributed by atoms with van der Waals surface area (Å²) in [5, 5.41) is 12.3. The van der Waals surface area contributed by atoms with Crippen LogP contribution >= 0.6 is 23.2 Å². The predicted octanol–water partition coefficient (Wildman–Crippen LogP) is 2.88. The zero-order chi connectivity index (χ0) is 9.68. The van der Waals surface area contributed by atoms with E-state index in [9.17, 15) is 0 Å². The van der Waals surface area contributed by atoms with Gasteiger partial charge >= 0.3 is 0 Å². The molecule has 5 heteroatoms. The molecule has 0 radical (unpaired) electrons. The number of halogens is 2. The van der Waals surface area contributed by atoms with Crippen LogP contribution < -0.4 is 4.84 Å². The van der Waals surface area contributed by atoms with Crippen molar-refractivity contribution in [3.8, 4) is 11.8 Å². The second-order valence-corrected chi connectivity index (χ2v) is 2.87. The van der Waals surface area contributed by atoms with Gasteiger partial charge in [0.2, 0.25) is 0 Å². The van der Waals surface area contributed by atoms with Crippen LogP contribution in [0, 0.1) is 11.3 Å². The second kappa shape index (κ2) is 4.70. The van der Waals surface area contributed by atoms with Crippen LogP contribution in [0.25, 0.3) is 0 Å². The van der Waals surface area contributed by atoms with Gasteiger partial charge in [-0.15, -0.1) is 0 Å². The molecule has 0 aliphatic carbocycles. The first-order valence-corrected chi connectivity index (χ1v) is 4.03. The number of rotatable bonds is 2. The van der Waals surface area contributed by atoms with Gasteiger partial charge in [0.1, 0.15) is 12.3 Å². The van der Waals surface area contributed by atoms with Crippen molar-refractivity contribution < 1.29 is 4.84 Å². The lowest BCUT2D eigenvalue weighted by molar-refractivity contribution is 0.344. The van der Waals surface area contributed by atoms with E-state index in [0.717, 1.165) is 6.21 Å². The Kier molecular flexibility index (Phi) is 3.56. The number of nitrogens with zero attached hydrogens (tertiary/aromatic N) is 2. The fourth-order valence-electron chi connectivity index (χ4n) is 0.656. The normalized spacial score (nSPS) is 9.92. The van der Waals surface area contributed by atoms with Crippen molar-refractivity contribution in [1.82, 2.24) is 0 Å². The highest BCUT2D eigenvalue weighted by Crippen LogP contribution is 2.27. The molecule has 66 valence electrons. The molecule has 0 saturated carbocycles. The van der Waals surface area contributed by atoms with Crippen molar-refractivity contribution in [3.63, 3.8) is 0 Å². The Balaban J connectivity index is 2.79. The molecule has 1 aromatic carbocycles. The third kappa shape index (κ3) is 2.94. The predicted molar refractivity (Wildman–Crippen MR) is 51.2 cm³/mol. The van der Waals surface area contributed by atoms with Crippen molar-refractivity contribution in [3.05, 3.63) is 28.2 Å². The minimum Gasteiger partial charge on any atom is -0.355 e. The number of nitriles is 1. The lowest BCUT2D eigenvalue weighted by Gasteiger charge is -1.99. The number of hydrogen-bond donors (Lipinski definition) is 0. The monoisotopic (exact) mass is 214 g/mol. The maximum absolute atomic E-state index is 8.12. The summed E-state index contributed by atoms with van der Waals surface area (Å²) in [5.74, 6) is 0.359. The zero-order valence-electron chi connectivity index (χ0n) is 6.37. The van der Waals surface area contributed by atoms with Crippen molar-refractivity contribution in [1.29, 1.82) is 5.26 Å². The first kappa shape index (κ1) is 9.85. The molecular formula is C8H4Cl2N2O. The topological polar surface area (TPSA) is 45.4 Å². The lowest BCUT2D eigenvalue weighted by atomic mass is 10.3. The van der Waals surface area contributed by atoms with E-state index < -0.39 is 0 Å². The van der Waals surface area contributed by atoms with E-state index in [0.29, 0.717) is 15.8 Å². The summed E-state index contributed by atoms with van der Waals surface area (Å²) in [6.45, 7) is 0. The van der Waals surface area contributed by atoms with Gasteiger partial charge in [-0.1, -0.05) is 28.4 Å². The van der Waals surface area contributed by atoms with Gasteiger partial charge in [-0.05, 0) is 18.2 Å². The van der Waals surface area contributed by atoms with Gasteiger partial charge in [0.05, 0.1) is 5.02 Å². The van der Waals surface area contributed by atoms with Crippen molar-refractivity contribution >= 4 is 29.4 Å². The molecule has 0 fully saturated rings. The van der Waals surface area contributed by atoms with E-state index in [2.05, 4.69) is 5.16 Å². The van der Waals surface area contributed by atoms with Crippen molar-refractivity contribution in [2.75, 3.05) is 0 Å². The van der Waals surface area contributed by atoms with Gasteiger partial charge in [0, 0.05) is 5.02 Å². The molecule has 0 spiro atoms. The molecule has 0 unspecified atom stereocenters. The van der Waals surface area contributed by atoms with Crippen molar-refractivity contribution in [2.24, 2.45) is 5.16 Å². The summed E-state index contributed by atoms with van der Waals surface area (Å²) in [6, 6.07) is 6.40. The van der Waals surface area contributed by atoms with Crippen LogP contribution in [0.2, 0.25) is 10.0 Å². The highest BCUT2D eigenvalue weighted by Gasteiger charge is 2.00. The number of benzene rings is 1. The maximum atomic E-state index is 8.12. The smallest absolute Gasteiger partial charge is 0.176 e. The standard InChI is InChI=1S/C8H4Cl2N2O/c9-6-1-2-8(7(10)5-6)13-12-4-3-11/h1-2,4-5H. The molecule has 13 heavy (non-hydrogen) atoms. The molecule has 1 aromatic rings. The minimum atomic E-state index is 0.350. The van der Waals surface area contributed by atoms with Gasteiger partial charge < -0.3 is 4.84 Å². The fraction of sp³-hybridized carbons (Fsp3) is 0. The quantitative estimate of drug-likeness (QED) is 0.562. The van der Waals surface area contributed by atoms with E-state index in [1.54, 1.807) is 18.2 Å². The summed E-state index contributed by atoms with van der Waals surface area (Å²) in [7, 11) is 0. The lowest BCUT2D eigenvalue weighted by Crippen LogP contribution is -1.84. The van der Waals surface area contributed by atoms with E-state index in [4.69, 9.17) is 33.3 Å². The Hall–Kier alpha value is -1.24. The fourth-order valence-corrected chi connectivity index (χ4v) is 1.10. The Morgan fingerprint density at radius 2 is 2.23 bits per heavy atom. The van der Waals surface area contributed by atoms with Crippen LogP contribution in [-0.2, 0) is 0 Å². The molecule has 0 saturated heterocycles. The highest BCUT2D eigenvalue weighted by molar-refractivity contribution is 6.35. The molecule has 0 N–H and O–H groups in total. The van der Waals surface area contributed by atoms with Gasteiger partial charge in [0.15, 0.2) is 5.75 Å². The summed E-state index contributed by atoms with van der Waals surface area (Å²) in [4.78, 5) is 4.79. The SMILES string of the molecule is N#CC=NOc1ccc(Cl)cc1Cl.